The van der Waals surface area contributed by atoms with E-state index in [0.29, 0.717) is 22.2 Å². The summed E-state index contributed by atoms with van der Waals surface area (Å²) in [5.74, 6) is -1.08. The van der Waals surface area contributed by atoms with Crippen LogP contribution in [0.25, 0.3) is 0 Å². The normalized spacial score (nSPS) is 12.1. The Bertz CT molecular complexity index is 1430. The summed E-state index contributed by atoms with van der Waals surface area (Å²) < 4.78 is 28.6. The maximum Gasteiger partial charge on any atom is 0.264 e. The molecule has 0 bridgehead atoms. The Hall–Kier alpha value is -2.49. The summed E-state index contributed by atoms with van der Waals surface area (Å²) in [6.45, 7) is 3.18. The number of rotatable bonds is 12. The first-order chi connectivity index (χ1) is 19.0. The number of halogens is 4. The molecule has 0 aliphatic heterocycles. The Morgan fingerprint density at radius 1 is 0.900 bits per heavy atom. The van der Waals surface area contributed by atoms with Crippen LogP contribution in [0.15, 0.2) is 71.6 Å². The SMILES string of the molecule is CCCCNC(=O)[C@H](C)N(Cc1c(Cl)cccc1Cl)C(=O)CN(c1cc(Cl)ccc1Cl)S(=O)(=O)c1ccccc1. The maximum atomic E-state index is 14.0. The predicted octanol–water partition coefficient (Wildman–Crippen LogP) is 6.83. The van der Waals surface area contributed by atoms with Gasteiger partial charge in [0, 0.05) is 33.7 Å². The van der Waals surface area contributed by atoms with E-state index in [9.17, 15) is 18.0 Å². The van der Waals surface area contributed by atoms with Gasteiger partial charge in [-0.1, -0.05) is 84.0 Å². The highest BCUT2D eigenvalue weighted by Crippen LogP contribution is 2.33. The molecular formula is C28H29Cl4N3O4S. The molecule has 3 rings (SSSR count). The van der Waals surface area contributed by atoms with Crippen molar-refractivity contribution >= 4 is 73.9 Å². The van der Waals surface area contributed by atoms with Gasteiger partial charge in [0.05, 0.1) is 15.6 Å². The zero-order valence-corrected chi connectivity index (χ0v) is 25.8. The first kappa shape index (κ1) is 32.0. The highest BCUT2D eigenvalue weighted by atomic mass is 35.5. The molecule has 0 fully saturated rings. The van der Waals surface area contributed by atoms with Gasteiger partial charge in [-0.3, -0.25) is 13.9 Å². The second-order valence-electron chi connectivity index (χ2n) is 8.96. The smallest absolute Gasteiger partial charge is 0.264 e. The number of hydrogen-bond donors (Lipinski definition) is 1. The second kappa shape index (κ2) is 14.4. The monoisotopic (exact) mass is 643 g/mol. The van der Waals surface area contributed by atoms with Gasteiger partial charge in [0.25, 0.3) is 10.0 Å². The average molecular weight is 645 g/mol. The number of carbonyl (C=O) groups is 2. The van der Waals surface area contributed by atoms with E-state index in [1.165, 1.54) is 35.2 Å². The fourth-order valence-electron chi connectivity index (χ4n) is 3.88. The molecule has 2 amide bonds. The number of carbonyl (C=O) groups excluding carboxylic acids is 2. The number of nitrogens with one attached hydrogen (secondary N) is 1. The van der Waals surface area contributed by atoms with Crippen LogP contribution in [0.1, 0.15) is 32.3 Å². The minimum absolute atomic E-state index is 0.0159. The van der Waals surface area contributed by atoms with Crippen molar-refractivity contribution in [2.45, 2.75) is 44.2 Å². The summed E-state index contributed by atoms with van der Waals surface area (Å²) in [4.78, 5) is 28.2. The molecule has 0 radical (unpaired) electrons. The lowest BCUT2D eigenvalue weighted by atomic mass is 10.1. The molecule has 0 spiro atoms. The van der Waals surface area contributed by atoms with E-state index < -0.39 is 34.4 Å². The highest BCUT2D eigenvalue weighted by Gasteiger charge is 2.34. The van der Waals surface area contributed by atoms with Gasteiger partial charge in [-0.25, -0.2) is 8.42 Å². The Morgan fingerprint density at radius 3 is 2.17 bits per heavy atom. The molecule has 12 heteroatoms. The summed E-state index contributed by atoms with van der Waals surface area (Å²) >= 11 is 25.4. The van der Waals surface area contributed by atoms with Crippen molar-refractivity contribution in [2.24, 2.45) is 0 Å². The van der Waals surface area contributed by atoms with Crippen molar-refractivity contribution in [3.63, 3.8) is 0 Å². The van der Waals surface area contributed by atoms with Gasteiger partial charge in [-0.05, 0) is 55.8 Å². The summed E-state index contributed by atoms with van der Waals surface area (Å²) in [6.07, 6.45) is 1.64. The number of amides is 2. The average Bonchev–Trinajstić information content (AvgIpc) is 2.93. The minimum Gasteiger partial charge on any atom is -0.354 e. The topological polar surface area (TPSA) is 86.8 Å². The molecule has 0 heterocycles. The molecule has 214 valence electrons. The first-order valence-electron chi connectivity index (χ1n) is 12.5. The lowest BCUT2D eigenvalue weighted by molar-refractivity contribution is -0.139. The first-order valence-corrected chi connectivity index (χ1v) is 15.5. The van der Waals surface area contributed by atoms with Crippen molar-refractivity contribution in [3.8, 4) is 0 Å². The van der Waals surface area contributed by atoms with E-state index >= 15 is 0 Å². The zero-order chi connectivity index (χ0) is 29.4. The van der Waals surface area contributed by atoms with Gasteiger partial charge in [0.15, 0.2) is 0 Å². The molecule has 1 atom stereocenters. The molecule has 0 aliphatic carbocycles. The molecule has 1 N–H and O–H groups in total. The van der Waals surface area contributed by atoms with Gasteiger partial charge in [0.2, 0.25) is 11.8 Å². The van der Waals surface area contributed by atoms with Crippen molar-refractivity contribution in [2.75, 3.05) is 17.4 Å². The summed E-state index contributed by atoms with van der Waals surface area (Å²) in [6, 6.07) is 15.9. The van der Waals surface area contributed by atoms with Gasteiger partial charge in [-0.2, -0.15) is 0 Å². The van der Waals surface area contributed by atoms with E-state index in [2.05, 4.69) is 5.32 Å². The number of anilines is 1. The lowest BCUT2D eigenvalue weighted by Crippen LogP contribution is -2.51. The van der Waals surface area contributed by atoms with Gasteiger partial charge in [-0.15, -0.1) is 0 Å². The van der Waals surface area contributed by atoms with Crippen LogP contribution in [0.5, 0.6) is 0 Å². The minimum atomic E-state index is -4.28. The number of sulfonamides is 1. The molecule has 0 aromatic heterocycles. The van der Waals surface area contributed by atoms with E-state index in [1.54, 1.807) is 43.3 Å². The summed E-state index contributed by atoms with van der Waals surface area (Å²) in [7, 11) is -4.28. The fraction of sp³-hybridized carbons (Fsp3) is 0.286. The van der Waals surface area contributed by atoms with E-state index in [1.807, 2.05) is 6.92 Å². The molecule has 0 aliphatic rings. The number of hydrogen-bond acceptors (Lipinski definition) is 4. The van der Waals surface area contributed by atoms with E-state index in [0.717, 1.165) is 17.1 Å². The number of unbranched alkanes of at least 4 members (excludes halogenated alkanes) is 1. The second-order valence-corrected chi connectivity index (χ2v) is 12.5. The van der Waals surface area contributed by atoms with Crippen molar-refractivity contribution in [3.05, 3.63) is 92.4 Å². The Labute approximate surface area is 255 Å². The number of nitrogens with zero attached hydrogens (tertiary/aromatic N) is 2. The number of benzene rings is 3. The molecule has 0 unspecified atom stereocenters. The molecule has 3 aromatic carbocycles. The van der Waals surface area contributed by atoms with Crippen molar-refractivity contribution in [1.29, 1.82) is 0 Å². The zero-order valence-electron chi connectivity index (χ0n) is 21.9. The molecule has 40 heavy (non-hydrogen) atoms. The lowest BCUT2D eigenvalue weighted by Gasteiger charge is -2.32. The van der Waals surface area contributed by atoms with Crippen LogP contribution in [0.2, 0.25) is 20.1 Å². The summed E-state index contributed by atoms with van der Waals surface area (Å²) in [5.41, 5.74) is 0.438. The Morgan fingerprint density at radius 2 is 1.55 bits per heavy atom. The Balaban J connectivity index is 2.07. The standard InChI is InChI=1S/C28H29Cl4N3O4S/c1-3-4-15-33-28(37)19(2)34(17-22-23(30)11-8-12-24(22)31)27(36)18-35(26-16-20(29)13-14-25(26)32)40(38,39)21-9-6-5-7-10-21/h5-14,16,19H,3-4,15,17-18H2,1-2H3,(H,33,37)/t19-/m0/s1. The Kier molecular flexibility index (Phi) is 11.5. The van der Waals surface area contributed by atoms with Gasteiger partial charge < -0.3 is 10.2 Å². The van der Waals surface area contributed by atoms with Crippen LogP contribution in [0.4, 0.5) is 5.69 Å². The molecule has 0 saturated heterocycles. The van der Waals surface area contributed by atoms with Crippen LogP contribution in [0, 0.1) is 0 Å². The quantitative estimate of drug-likeness (QED) is 0.219. The van der Waals surface area contributed by atoms with Crippen LogP contribution in [0.3, 0.4) is 0 Å². The third-order valence-electron chi connectivity index (χ3n) is 6.17. The van der Waals surface area contributed by atoms with Crippen molar-refractivity contribution in [1.82, 2.24) is 10.2 Å². The molecular weight excluding hydrogens is 616 g/mol. The van der Waals surface area contributed by atoms with Crippen molar-refractivity contribution < 1.29 is 18.0 Å². The largest absolute Gasteiger partial charge is 0.354 e. The third-order valence-corrected chi connectivity index (χ3v) is 9.21. The molecule has 3 aromatic rings. The summed E-state index contributed by atoms with van der Waals surface area (Å²) in [5, 5.41) is 3.72. The molecule has 0 saturated carbocycles. The third kappa shape index (κ3) is 7.83. The van der Waals surface area contributed by atoms with E-state index in [-0.39, 0.29) is 27.2 Å². The molecule has 7 nitrogen and oxygen atoms in total. The highest BCUT2D eigenvalue weighted by molar-refractivity contribution is 7.92. The fourth-order valence-corrected chi connectivity index (χ4v) is 6.28. The van der Waals surface area contributed by atoms with Crippen LogP contribution in [-0.4, -0.2) is 44.3 Å². The maximum absolute atomic E-state index is 14.0. The van der Waals surface area contributed by atoms with E-state index in [4.69, 9.17) is 46.4 Å². The predicted molar refractivity (Wildman–Crippen MR) is 162 cm³/mol. The van der Waals surface area contributed by atoms with Gasteiger partial charge in [0.1, 0.15) is 12.6 Å². The van der Waals surface area contributed by atoms with Crippen LogP contribution >= 0.6 is 46.4 Å². The van der Waals surface area contributed by atoms with Crippen LogP contribution in [-0.2, 0) is 26.2 Å². The van der Waals surface area contributed by atoms with Crippen LogP contribution < -0.4 is 9.62 Å². The van der Waals surface area contributed by atoms with Gasteiger partial charge >= 0.3 is 0 Å².